The highest BCUT2D eigenvalue weighted by molar-refractivity contribution is 7.99. The summed E-state index contributed by atoms with van der Waals surface area (Å²) >= 11 is 1.84. The van der Waals surface area contributed by atoms with Crippen LogP contribution in [-0.2, 0) is 0 Å². The van der Waals surface area contributed by atoms with Crippen LogP contribution in [-0.4, -0.2) is 47.3 Å². The van der Waals surface area contributed by atoms with E-state index in [4.69, 9.17) is 5.11 Å². The predicted octanol–water partition coefficient (Wildman–Crippen LogP) is 1.44. The van der Waals surface area contributed by atoms with Crippen molar-refractivity contribution in [3.63, 3.8) is 0 Å². The van der Waals surface area contributed by atoms with Crippen LogP contribution in [0.1, 0.15) is 20.8 Å². The number of nitrogens with zero attached hydrogens (tertiary/aromatic N) is 1. The molecule has 0 aliphatic rings. The lowest BCUT2D eigenvalue weighted by molar-refractivity contribution is 0.299. The van der Waals surface area contributed by atoms with Gasteiger partial charge in [0.15, 0.2) is 0 Å². The average Bonchev–Trinajstić information content (AvgIpc) is 2.12. The first-order valence-corrected chi connectivity index (χ1v) is 5.74. The first-order valence-electron chi connectivity index (χ1n) is 4.69. The van der Waals surface area contributed by atoms with Crippen molar-refractivity contribution in [2.75, 3.05) is 32.0 Å². The van der Waals surface area contributed by atoms with Gasteiger partial charge < -0.3 is 10.0 Å². The molecule has 0 aromatic heterocycles. The van der Waals surface area contributed by atoms with Gasteiger partial charge >= 0.3 is 0 Å². The Balaban J connectivity index is 3.28. The van der Waals surface area contributed by atoms with Crippen LogP contribution in [0.3, 0.4) is 0 Å². The SMILES string of the molecule is CCN(CC)CCSC(C)CO. The van der Waals surface area contributed by atoms with E-state index in [-0.39, 0.29) is 0 Å². The molecule has 0 aliphatic heterocycles. The van der Waals surface area contributed by atoms with E-state index in [9.17, 15) is 0 Å². The highest BCUT2D eigenvalue weighted by atomic mass is 32.2. The minimum atomic E-state index is 0.295. The second-order valence-corrected chi connectivity index (χ2v) is 4.44. The van der Waals surface area contributed by atoms with E-state index in [1.54, 1.807) is 0 Å². The molecule has 0 heterocycles. The molecule has 0 fully saturated rings. The van der Waals surface area contributed by atoms with E-state index >= 15 is 0 Å². The fourth-order valence-corrected chi connectivity index (χ4v) is 1.85. The third-order valence-corrected chi connectivity index (χ3v) is 3.10. The minimum Gasteiger partial charge on any atom is -0.395 e. The molecule has 12 heavy (non-hydrogen) atoms. The second-order valence-electron chi connectivity index (χ2n) is 2.89. The van der Waals surface area contributed by atoms with Crippen molar-refractivity contribution in [3.8, 4) is 0 Å². The lowest BCUT2D eigenvalue weighted by atomic mass is 10.5. The molecule has 0 saturated heterocycles. The van der Waals surface area contributed by atoms with E-state index in [2.05, 4.69) is 25.7 Å². The third kappa shape index (κ3) is 5.86. The third-order valence-electron chi connectivity index (χ3n) is 1.96. The summed E-state index contributed by atoms with van der Waals surface area (Å²) in [7, 11) is 0. The van der Waals surface area contributed by atoms with Gasteiger partial charge in [0.2, 0.25) is 0 Å². The summed E-state index contributed by atoms with van der Waals surface area (Å²) < 4.78 is 0. The number of aliphatic hydroxyl groups excluding tert-OH is 1. The molecule has 74 valence electrons. The summed E-state index contributed by atoms with van der Waals surface area (Å²) in [5.41, 5.74) is 0. The molecule has 1 N–H and O–H groups in total. The Labute approximate surface area is 80.3 Å². The molecular weight excluding hydrogens is 170 g/mol. The number of hydrogen-bond donors (Lipinski definition) is 1. The molecule has 1 atom stereocenters. The maximum absolute atomic E-state index is 8.78. The first kappa shape index (κ1) is 12.3. The number of rotatable bonds is 7. The van der Waals surface area contributed by atoms with Gasteiger partial charge in [-0.25, -0.2) is 0 Å². The summed E-state index contributed by atoms with van der Waals surface area (Å²) in [6.45, 7) is 10.1. The molecule has 1 unspecified atom stereocenters. The van der Waals surface area contributed by atoms with E-state index in [1.165, 1.54) is 0 Å². The van der Waals surface area contributed by atoms with Gasteiger partial charge in [-0.15, -0.1) is 0 Å². The van der Waals surface area contributed by atoms with Crippen molar-refractivity contribution in [1.29, 1.82) is 0 Å². The zero-order valence-corrected chi connectivity index (χ0v) is 9.23. The van der Waals surface area contributed by atoms with Crippen LogP contribution in [0.25, 0.3) is 0 Å². The van der Waals surface area contributed by atoms with E-state index in [1.807, 2.05) is 11.8 Å². The van der Waals surface area contributed by atoms with Crippen LogP contribution < -0.4 is 0 Å². The maximum atomic E-state index is 8.78. The van der Waals surface area contributed by atoms with Gasteiger partial charge in [0, 0.05) is 17.5 Å². The number of aliphatic hydroxyl groups is 1. The van der Waals surface area contributed by atoms with Crippen LogP contribution in [0.4, 0.5) is 0 Å². The lowest BCUT2D eigenvalue weighted by Gasteiger charge is -2.18. The fourth-order valence-electron chi connectivity index (χ4n) is 0.976. The molecule has 3 heteroatoms. The summed E-state index contributed by atoms with van der Waals surface area (Å²) in [6, 6.07) is 0. The van der Waals surface area contributed by atoms with Gasteiger partial charge in [-0.1, -0.05) is 20.8 Å². The molecule has 0 saturated carbocycles. The highest BCUT2D eigenvalue weighted by Gasteiger charge is 2.02. The normalized spacial score (nSPS) is 13.8. The van der Waals surface area contributed by atoms with Crippen molar-refractivity contribution < 1.29 is 5.11 Å². The zero-order chi connectivity index (χ0) is 9.40. The van der Waals surface area contributed by atoms with Crippen LogP contribution in [0.2, 0.25) is 0 Å². The summed E-state index contributed by atoms with van der Waals surface area (Å²) in [4.78, 5) is 2.40. The quantitative estimate of drug-likeness (QED) is 0.659. The van der Waals surface area contributed by atoms with Crippen molar-refractivity contribution in [2.24, 2.45) is 0 Å². The Morgan fingerprint density at radius 2 is 1.92 bits per heavy atom. The lowest BCUT2D eigenvalue weighted by Crippen LogP contribution is -2.26. The number of hydrogen-bond acceptors (Lipinski definition) is 3. The van der Waals surface area contributed by atoms with Gasteiger partial charge in [-0.3, -0.25) is 0 Å². The molecule has 0 aromatic rings. The van der Waals surface area contributed by atoms with Crippen LogP contribution in [0.5, 0.6) is 0 Å². The predicted molar refractivity (Wildman–Crippen MR) is 56.8 cm³/mol. The van der Waals surface area contributed by atoms with E-state index in [0.717, 1.165) is 25.4 Å². The highest BCUT2D eigenvalue weighted by Crippen LogP contribution is 2.09. The van der Waals surface area contributed by atoms with Crippen molar-refractivity contribution in [3.05, 3.63) is 0 Å². The van der Waals surface area contributed by atoms with E-state index in [0.29, 0.717) is 11.9 Å². The molecule has 0 aromatic carbocycles. The average molecular weight is 191 g/mol. The van der Waals surface area contributed by atoms with E-state index < -0.39 is 0 Å². The molecule has 0 aliphatic carbocycles. The maximum Gasteiger partial charge on any atom is 0.0547 e. The topological polar surface area (TPSA) is 23.5 Å². The number of thioether (sulfide) groups is 1. The van der Waals surface area contributed by atoms with Gasteiger partial charge in [0.25, 0.3) is 0 Å². The zero-order valence-electron chi connectivity index (χ0n) is 8.42. The van der Waals surface area contributed by atoms with Crippen molar-refractivity contribution in [1.82, 2.24) is 4.90 Å². The van der Waals surface area contributed by atoms with Gasteiger partial charge in [0.05, 0.1) is 6.61 Å². The Bertz CT molecular complexity index is 96.5. The van der Waals surface area contributed by atoms with Crippen LogP contribution >= 0.6 is 11.8 Å². The largest absolute Gasteiger partial charge is 0.395 e. The molecule has 2 nitrogen and oxygen atoms in total. The monoisotopic (exact) mass is 191 g/mol. The Kier molecular flexibility index (Phi) is 8.07. The molecule has 0 rings (SSSR count). The Morgan fingerprint density at radius 1 is 1.33 bits per heavy atom. The first-order chi connectivity index (χ1) is 5.74. The van der Waals surface area contributed by atoms with Crippen LogP contribution in [0.15, 0.2) is 0 Å². The minimum absolute atomic E-state index is 0.295. The molecule has 0 amide bonds. The summed E-state index contributed by atoms with van der Waals surface area (Å²) in [6.07, 6.45) is 0. The summed E-state index contributed by atoms with van der Waals surface area (Å²) in [5, 5.41) is 9.17. The molecule has 0 bridgehead atoms. The van der Waals surface area contributed by atoms with Gasteiger partial charge in [-0.05, 0) is 13.1 Å². The van der Waals surface area contributed by atoms with Gasteiger partial charge in [0.1, 0.15) is 0 Å². The molecule has 0 spiro atoms. The van der Waals surface area contributed by atoms with Gasteiger partial charge in [-0.2, -0.15) is 11.8 Å². The second kappa shape index (κ2) is 7.90. The summed E-state index contributed by atoms with van der Waals surface area (Å²) in [5.74, 6) is 1.13. The van der Waals surface area contributed by atoms with Crippen molar-refractivity contribution >= 4 is 11.8 Å². The van der Waals surface area contributed by atoms with Crippen molar-refractivity contribution in [2.45, 2.75) is 26.0 Å². The fraction of sp³-hybridized carbons (Fsp3) is 1.00. The Morgan fingerprint density at radius 3 is 2.33 bits per heavy atom. The smallest absolute Gasteiger partial charge is 0.0547 e. The molecular formula is C9H21NOS. The van der Waals surface area contributed by atoms with Crippen LogP contribution in [0, 0.1) is 0 Å². The molecule has 0 radical (unpaired) electrons. The standard InChI is InChI=1S/C9H21NOS/c1-4-10(5-2)6-7-12-9(3)8-11/h9,11H,4-8H2,1-3H3. The Hall–Kier alpha value is 0.270.